The van der Waals surface area contributed by atoms with Crippen molar-refractivity contribution in [2.75, 3.05) is 34.5 Å². The summed E-state index contributed by atoms with van der Waals surface area (Å²) in [5.74, 6) is -0.751. The van der Waals surface area contributed by atoms with Crippen LogP contribution in [0.3, 0.4) is 0 Å². The van der Waals surface area contributed by atoms with Crippen LogP contribution >= 0.6 is 0 Å². The van der Waals surface area contributed by atoms with Crippen molar-refractivity contribution in [1.82, 2.24) is 4.90 Å². The lowest BCUT2D eigenvalue weighted by Gasteiger charge is -2.13. The summed E-state index contributed by atoms with van der Waals surface area (Å²) in [5, 5.41) is 0. The lowest BCUT2D eigenvalue weighted by Crippen LogP contribution is -2.37. The quantitative estimate of drug-likeness (QED) is 0.565. The van der Waals surface area contributed by atoms with E-state index in [1.807, 2.05) is 0 Å². The van der Waals surface area contributed by atoms with Gasteiger partial charge in [-0.05, 0) is 0 Å². The molecule has 0 aliphatic heterocycles. The molecule has 0 fully saturated rings. The van der Waals surface area contributed by atoms with Crippen molar-refractivity contribution < 1.29 is 19.1 Å². The molecule has 0 aliphatic carbocycles. The predicted molar refractivity (Wildman–Crippen MR) is 41.5 cm³/mol. The third-order valence-corrected chi connectivity index (χ3v) is 1.28. The molecule has 2 amide bonds. The molecule has 0 saturated carbocycles. The molecule has 5 nitrogen and oxygen atoms in total. The van der Waals surface area contributed by atoms with Gasteiger partial charge in [0.05, 0.1) is 0 Å². The van der Waals surface area contributed by atoms with Gasteiger partial charge < -0.3 is 9.47 Å². The van der Waals surface area contributed by atoms with Gasteiger partial charge in [0.25, 0.3) is 11.8 Å². The second-order valence-corrected chi connectivity index (χ2v) is 2.21. The first-order valence-corrected chi connectivity index (χ1v) is 3.40. The maximum Gasteiger partial charge on any atom is 0.254 e. The fraction of sp³-hybridized carbons (Fsp3) is 0.714. The molecule has 70 valence electrons. The number of carbonyl (C=O) groups is 2. The fourth-order valence-corrected chi connectivity index (χ4v) is 0.580. The van der Waals surface area contributed by atoms with Crippen molar-refractivity contribution >= 4 is 11.8 Å². The highest BCUT2D eigenvalue weighted by Crippen LogP contribution is 1.87. The zero-order valence-electron chi connectivity index (χ0n) is 7.49. The number of likely N-dealkylation sites (N-methyl/N-ethyl adjacent to an activating group) is 1. The highest BCUT2D eigenvalue weighted by molar-refractivity contribution is 5.96. The number of hydrogen-bond donors (Lipinski definition) is 0. The number of imide groups is 1. The Bertz CT molecular complexity index is 151. The Morgan fingerprint density at radius 1 is 1.08 bits per heavy atom. The van der Waals surface area contributed by atoms with E-state index in [1.54, 1.807) is 0 Å². The summed E-state index contributed by atoms with van der Waals surface area (Å²) in [6, 6.07) is 0. The molecule has 0 aromatic rings. The number of carbonyl (C=O) groups excluding carboxylic acids is 2. The van der Waals surface area contributed by atoms with Gasteiger partial charge in [-0.25, -0.2) is 0 Å². The second-order valence-electron chi connectivity index (χ2n) is 2.21. The Kier molecular flexibility index (Phi) is 5.23. The minimum Gasteiger partial charge on any atom is -0.375 e. The summed E-state index contributed by atoms with van der Waals surface area (Å²) in [5.41, 5.74) is 0. The standard InChI is InChI=1S/C7H13NO4/c1-8(6(9)4-11-2)7(10)5-12-3/h4-5H2,1-3H3. The monoisotopic (exact) mass is 175 g/mol. The van der Waals surface area contributed by atoms with Crippen LogP contribution in [-0.2, 0) is 19.1 Å². The number of amides is 2. The largest absolute Gasteiger partial charge is 0.375 e. The molecule has 0 aliphatic rings. The maximum absolute atomic E-state index is 11.0. The zero-order chi connectivity index (χ0) is 9.56. The highest BCUT2D eigenvalue weighted by Gasteiger charge is 2.15. The minimum atomic E-state index is -0.375. The first kappa shape index (κ1) is 11.1. The minimum absolute atomic E-state index is 0.0913. The van der Waals surface area contributed by atoms with Crippen LogP contribution in [0.5, 0.6) is 0 Å². The number of nitrogens with zero attached hydrogens (tertiary/aromatic N) is 1. The van der Waals surface area contributed by atoms with Gasteiger partial charge >= 0.3 is 0 Å². The number of ether oxygens (including phenoxy) is 2. The van der Waals surface area contributed by atoms with Crippen molar-refractivity contribution in [1.29, 1.82) is 0 Å². The van der Waals surface area contributed by atoms with E-state index in [-0.39, 0.29) is 25.0 Å². The van der Waals surface area contributed by atoms with Gasteiger partial charge in [0, 0.05) is 21.3 Å². The average Bonchev–Trinajstić information content (AvgIpc) is 2.04. The molecule has 0 rings (SSSR count). The van der Waals surface area contributed by atoms with Gasteiger partial charge in [0.15, 0.2) is 0 Å². The SMILES string of the molecule is COCC(=O)N(C)C(=O)COC. The molecule has 0 bridgehead atoms. The summed E-state index contributed by atoms with van der Waals surface area (Å²) < 4.78 is 9.14. The second kappa shape index (κ2) is 5.68. The Hall–Kier alpha value is -0.940. The van der Waals surface area contributed by atoms with Crippen LogP contribution in [0.1, 0.15) is 0 Å². The molecule has 0 saturated heterocycles. The third-order valence-electron chi connectivity index (χ3n) is 1.28. The van der Waals surface area contributed by atoms with E-state index in [2.05, 4.69) is 9.47 Å². The molecule has 5 heteroatoms. The smallest absolute Gasteiger partial charge is 0.254 e. The zero-order valence-corrected chi connectivity index (χ0v) is 7.49. The van der Waals surface area contributed by atoms with Crippen LogP contribution in [0.4, 0.5) is 0 Å². The normalized spacial score (nSPS) is 9.58. The van der Waals surface area contributed by atoms with Crippen LogP contribution in [0, 0.1) is 0 Å². The number of rotatable bonds is 4. The molecular formula is C7H13NO4. The molecule has 0 aromatic carbocycles. The van der Waals surface area contributed by atoms with Gasteiger partial charge in [-0.3, -0.25) is 14.5 Å². The van der Waals surface area contributed by atoms with Gasteiger partial charge in [0.2, 0.25) is 0 Å². The van der Waals surface area contributed by atoms with E-state index in [9.17, 15) is 9.59 Å². The lowest BCUT2D eigenvalue weighted by molar-refractivity contribution is -0.147. The van der Waals surface area contributed by atoms with Crippen molar-refractivity contribution in [3.63, 3.8) is 0 Å². The predicted octanol–water partition coefficient (Wildman–Crippen LogP) is -0.736. The topological polar surface area (TPSA) is 55.8 Å². The summed E-state index contributed by atoms with van der Waals surface area (Å²) in [7, 11) is 4.18. The van der Waals surface area contributed by atoms with E-state index in [1.165, 1.54) is 21.3 Å². The average molecular weight is 175 g/mol. The van der Waals surface area contributed by atoms with Crippen LogP contribution in [-0.4, -0.2) is 51.2 Å². The maximum atomic E-state index is 11.0. The van der Waals surface area contributed by atoms with Crippen LogP contribution in [0.2, 0.25) is 0 Å². The van der Waals surface area contributed by atoms with E-state index in [4.69, 9.17) is 0 Å². The fourth-order valence-electron chi connectivity index (χ4n) is 0.580. The molecule has 0 unspecified atom stereocenters. The Labute approximate surface area is 71.2 Å². The molecule has 0 heterocycles. The van der Waals surface area contributed by atoms with Gasteiger partial charge in [0.1, 0.15) is 13.2 Å². The Morgan fingerprint density at radius 2 is 1.42 bits per heavy atom. The molecule has 0 aromatic heterocycles. The van der Waals surface area contributed by atoms with Crippen molar-refractivity contribution in [3.8, 4) is 0 Å². The number of hydrogen-bond acceptors (Lipinski definition) is 4. The van der Waals surface area contributed by atoms with Crippen LogP contribution in [0.15, 0.2) is 0 Å². The summed E-state index contributed by atoms with van der Waals surface area (Å²) in [4.78, 5) is 22.9. The summed E-state index contributed by atoms with van der Waals surface area (Å²) in [6.45, 7) is -0.183. The van der Waals surface area contributed by atoms with Crippen LogP contribution < -0.4 is 0 Å². The van der Waals surface area contributed by atoms with E-state index in [0.29, 0.717) is 0 Å². The number of methoxy groups -OCH3 is 2. The van der Waals surface area contributed by atoms with Crippen molar-refractivity contribution in [3.05, 3.63) is 0 Å². The van der Waals surface area contributed by atoms with Crippen molar-refractivity contribution in [2.24, 2.45) is 0 Å². The van der Waals surface area contributed by atoms with Crippen LogP contribution in [0.25, 0.3) is 0 Å². The molecule has 0 radical (unpaired) electrons. The molecule has 0 N–H and O–H groups in total. The molecule has 12 heavy (non-hydrogen) atoms. The van der Waals surface area contributed by atoms with E-state index in [0.717, 1.165) is 4.90 Å². The summed E-state index contributed by atoms with van der Waals surface area (Å²) >= 11 is 0. The van der Waals surface area contributed by atoms with Gasteiger partial charge in [-0.15, -0.1) is 0 Å². The highest BCUT2D eigenvalue weighted by atomic mass is 16.5. The van der Waals surface area contributed by atoms with E-state index < -0.39 is 0 Å². The van der Waals surface area contributed by atoms with Gasteiger partial charge in [-0.1, -0.05) is 0 Å². The van der Waals surface area contributed by atoms with Gasteiger partial charge in [-0.2, -0.15) is 0 Å². The Morgan fingerprint density at radius 3 is 1.67 bits per heavy atom. The van der Waals surface area contributed by atoms with E-state index >= 15 is 0 Å². The summed E-state index contributed by atoms with van der Waals surface area (Å²) in [6.07, 6.45) is 0. The van der Waals surface area contributed by atoms with Crippen molar-refractivity contribution in [2.45, 2.75) is 0 Å². The lowest BCUT2D eigenvalue weighted by atomic mass is 10.5. The third kappa shape index (κ3) is 3.45. The Balaban J connectivity index is 3.91. The molecule has 0 spiro atoms. The first-order valence-electron chi connectivity index (χ1n) is 3.40. The first-order chi connectivity index (χ1) is 5.63. The molecular weight excluding hydrogens is 162 g/mol. The molecule has 0 atom stereocenters.